The summed E-state index contributed by atoms with van der Waals surface area (Å²) < 4.78 is 5.26. The number of fused-ring (bicyclic) bond motifs is 2. The van der Waals surface area contributed by atoms with Crippen LogP contribution >= 0.6 is 0 Å². The molecule has 2 aromatic rings. The number of imide groups is 1. The molecule has 0 aromatic heterocycles. The number of esters is 1. The molecular formula is C22H21NO4. The van der Waals surface area contributed by atoms with Gasteiger partial charge in [0.1, 0.15) is 6.61 Å². The molecule has 0 N–H and O–H groups in total. The van der Waals surface area contributed by atoms with Crippen LogP contribution in [0.4, 0.5) is 0 Å². The lowest BCUT2D eigenvalue weighted by molar-refractivity contribution is -0.143. The highest BCUT2D eigenvalue weighted by Crippen LogP contribution is 2.23. The van der Waals surface area contributed by atoms with Crippen molar-refractivity contribution in [2.24, 2.45) is 0 Å². The van der Waals surface area contributed by atoms with Crippen LogP contribution in [0.15, 0.2) is 42.5 Å². The van der Waals surface area contributed by atoms with Gasteiger partial charge in [-0.1, -0.05) is 30.3 Å². The van der Waals surface area contributed by atoms with E-state index in [1.54, 1.807) is 24.3 Å². The van der Waals surface area contributed by atoms with E-state index in [9.17, 15) is 14.4 Å². The maximum absolute atomic E-state index is 12.3. The fraction of sp³-hybridized carbons (Fsp3) is 0.318. The van der Waals surface area contributed by atoms with Gasteiger partial charge >= 0.3 is 5.97 Å². The van der Waals surface area contributed by atoms with Crippen molar-refractivity contribution in [2.45, 2.75) is 32.1 Å². The number of ether oxygens (including phenoxy) is 1. The monoisotopic (exact) mass is 363 g/mol. The molecule has 0 unspecified atom stereocenters. The van der Waals surface area contributed by atoms with E-state index in [0.29, 0.717) is 11.1 Å². The standard InChI is InChI=1S/C22H21NO4/c24-20(14-15-9-10-16-5-1-2-6-17(16)13-15)27-12-11-23-21(25)18-7-3-4-8-19(18)22(23)26/h3-4,7-10,13H,1-2,5-6,11-12,14H2. The van der Waals surface area contributed by atoms with Crippen molar-refractivity contribution in [1.29, 1.82) is 0 Å². The van der Waals surface area contributed by atoms with Crippen LogP contribution in [-0.2, 0) is 28.8 Å². The zero-order valence-corrected chi connectivity index (χ0v) is 15.1. The highest BCUT2D eigenvalue weighted by molar-refractivity contribution is 6.21. The van der Waals surface area contributed by atoms with Gasteiger partial charge in [-0.25, -0.2) is 0 Å². The van der Waals surface area contributed by atoms with Crippen LogP contribution in [0.25, 0.3) is 0 Å². The molecule has 0 radical (unpaired) electrons. The highest BCUT2D eigenvalue weighted by atomic mass is 16.5. The summed E-state index contributed by atoms with van der Waals surface area (Å²) in [6.07, 6.45) is 4.81. The Kier molecular flexibility index (Phi) is 4.75. The number of aryl methyl sites for hydroxylation is 2. The number of nitrogens with zero attached hydrogens (tertiary/aromatic N) is 1. The van der Waals surface area contributed by atoms with Gasteiger partial charge in [0.2, 0.25) is 0 Å². The molecule has 1 heterocycles. The summed E-state index contributed by atoms with van der Waals surface area (Å²) in [7, 11) is 0. The summed E-state index contributed by atoms with van der Waals surface area (Å²) in [6.45, 7) is 0.0809. The van der Waals surface area contributed by atoms with Crippen molar-refractivity contribution in [3.63, 3.8) is 0 Å². The molecule has 0 atom stereocenters. The van der Waals surface area contributed by atoms with Gasteiger partial charge in [0.25, 0.3) is 11.8 Å². The summed E-state index contributed by atoms with van der Waals surface area (Å²) in [5.41, 5.74) is 4.47. The van der Waals surface area contributed by atoms with Crippen LogP contribution in [-0.4, -0.2) is 35.8 Å². The van der Waals surface area contributed by atoms with E-state index in [2.05, 4.69) is 12.1 Å². The molecule has 0 fully saturated rings. The lowest BCUT2D eigenvalue weighted by Crippen LogP contribution is -2.33. The predicted octanol–water partition coefficient (Wildman–Crippen LogP) is 2.95. The van der Waals surface area contributed by atoms with Crippen molar-refractivity contribution >= 4 is 17.8 Å². The molecule has 0 bridgehead atoms. The van der Waals surface area contributed by atoms with E-state index < -0.39 is 0 Å². The third kappa shape index (κ3) is 3.50. The normalized spacial score (nSPS) is 15.5. The van der Waals surface area contributed by atoms with Crippen LogP contribution in [0.5, 0.6) is 0 Å². The fourth-order valence-corrected chi connectivity index (χ4v) is 3.81. The Balaban J connectivity index is 1.30. The van der Waals surface area contributed by atoms with Gasteiger partial charge in [-0.2, -0.15) is 0 Å². The minimum Gasteiger partial charge on any atom is -0.464 e. The van der Waals surface area contributed by atoms with Gasteiger partial charge in [-0.05, 0) is 54.5 Å². The van der Waals surface area contributed by atoms with Crippen molar-refractivity contribution in [1.82, 2.24) is 4.90 Å². The minimum atomic E-state index is -0.345. The van der Waals surface area contributed by atoms with Crippen LogP contribution in [0, 0.1) is 0 Å². The molecule has 27 heavy (non-hydrogen) atoms. The topological polar surface area (TPSA) is 63.7 Å². The second-order valence-corrected chi connectivity index (χ2v) is 7.01. The first-order valence-corrected chi connectivity index (χ1v) is 9.35. The lowest BCUT2D eigenvalue weighted by atomic mass is 9.90. The van der Waals surface area contributed by atoms with Crippen molar-refractivity contribution in [3.8, 4) is 0 Å². The maximum Gasteiger partial charge on any atom is 0.310 e. The maximum atomic E-state index is 12.3. The molecular weight excluding hydrogens is 342 g/mol. The first kappa shape index (κ1) is 17.5. The summed E-state index contributed by atoms with van der Waals surface area (Å²) in [6, 6.07) is 12.9. The Morgan fingerprint density at radius 3 is 2.30 bits per heavy atom. The molecule has 1 aliphatic heterocycles. The smallest absolute Gasteiger partial charge is 0.310 e. The number of carbonyl (C=O) groups is 3. The average Bonchev–Trinajstić information content (AvgIpc) is 2.93. The van der Waals surface area contributed by atoms with E-state index in [1.165, 1.54) is 24.0 Å². The van der Waals surface area contributed by atoms with Crippen molar-refractivity contribution < 1.29 is 19.1 Å². The third-order valence-corrected chi connectivity index (χ3v) is 5.22. The van der Waals surface area contributed by atoms with Gasteiger partial charge in [-0.15, -0.1) is 0 Å². The van der Waals surface area contributed by atoms with E-state index in [0.717, 1.165) is 23.3 Å². The Labute approximate surface area is 157 Å². The number of amides is 2. The summed E-state index contributed by atoms with van der Waals surface area (Å²) >= 11 is 0. The Morgan fingerprint density at radius 2 is 1.59 bits per heavy atom. The quantitative estimate of drug-likeness (QED) is 0.605. The summed E-state index contributed by atoms with van der Waals surface area (Å²) in [4.78, 5) is 37.8. The fourth-order valence-electron chi connectivity index (χ4n) is 3.81. The molecule has 2 aromatic carbocycles. The lowest BCUT2D eigenvalue weighted by Gasteiger charge is -2.16. The molecule has 5 nitrogen and oxygen atoms in total. The second-order valence-electron chi connectivity index (χ2n) is 7.01. The summed E-state index contributed by atoms with van der Waals surface area (Å²) in [5.74, 6) is -1.01. The molecule has 138 valence electrons. The molecule has 2 aliphatic rings. The first-order valence-electron chi connectivity index (χ1n) is 9.35. The number of carbonyl (C=O) groups excluding carboxylic acids is 3. The Morgan fingerprint density at radius 1 is 0.926 bits per heavy atom. The van der Waals surface area contributed by atoms with Crippen LogP contribution in [0.3, 0.4) is 0 Å². The van der Waals surface area contributed by atoms with E-state index in [1.807, 2.05) is 6.07 Å². The molecule has 0 spiro atoms. The summed E-state index contributed by atoms with van der Waals surface area (Å²) in [5, 5.41) is 0. The number of hydrogen-bond donors (Lipinski definition) is 0. The minimum absolute atomic E-state index is 0.00917. The predicted molar refractivity (Wildman–Crippen MR) is 99.6 cm³/mol. The zero-order chi connectivity index (χ0) is 18.8. The SMILES string of the molecule is O=C(Cc1ccc2c(c1)CCCC2)OCCN1C(=O)c2ccccc2C1=O. The van der Waals surface area contributed by atoms with Gasteiger partial charge < -0.3 is 4.74 Å². The Hall–Kier alpha value is -2.95. The van der Waals surface area contributed by atoms with Crippen LogP contribution in [0.2, 0.25) is 0 Å². The van der Waals surface area contributed by atoms with Crippen LogP contribution < -0.4 is 0 Å². The molecule has 0 saturated heterocycles. The van der Waals surface area contributed by atoms with Gasteiger partial charge in [0.15, 0.2) is 0 Å². The number of benzene rings is 2. The van der Waals surface area contributed by atoms with Gasteiger partial charge in [-0.3, -0.25) is 19.3 Å². The molecule has 0 saturated carbocycles. The number of rotatable bonds is 5. The van der Waals surface area contributed by atoms with Gasteiger partial charge in [0, 0.05) is 0 Å². The molecule has 4 rings (SSSR count). The molecule has 5 heteroatoms. The third-order valence-electron chi connectivity index (χ3n) is 5.22. The van der Waals surface area contributed by atoms with E-state index in [-0.39, 0.29) is 37.4 Å². The molecule has 1 aliphatic carbocycles. The first-order chi connectivity index (χ1) is 13.1. The van der Waals surface area contributed by atoms with Crippen molar-refractivity contribution in [3.05, 3.63) is 70.3 Å². The number of hydrogen-bond acceptors (Lipinski definition) is 4. The highest BCUT2D eigenvalue weighted by Gasteiger charge is 2.34. The largest absolute Gasteiger partial charge is 0.464 e. The Bertz CT molecular complexity index is 883. The average molecular weight is 363 g/mol. The zero-order valence-electron chi connectivity index (χ0n) is 15.1. The second kappa shape index (κ2) is 7.35. The van der Waals surface area contributed by atoms with Crippen molar-refractivity contribution in [2.75, 3.05) is 13.2 Å². The van der Waals surface area contributed by atoms with E-state index in [4.69, 9.17) is 4.74 Å². The van der Waals surface area contributed by atoms with E-state index >= 15 is 0 Å². The van der Waals surface area contributed by atoms with Crippen LogP contribution in [0.1, 0.15) is 50.2 Å². The van der Waals surface area contributed by atoms with Gasteiger partial charge in [0.05, 0.1) is 24.1 Å². The molecule has 2 amide bonds.